The highest BCUT2D eigenvalue weighted by molar-refractivity contribution is 6.29. The summed E-state index contributed by atoms with van der Waals surface area (Å²) in [7, 11) is 0. The topological polar surface area (TPSA) is 37.8 Å². The molecule has 1 aromatic heterocycles. The number of halogens is 1. The average Bonchev–Trinajstić information content (AvgIpc) is 2.32. The van der Waals surface area contributed by atoms with E-state index in [1.807, 2.05) is 12.1 Å². The molecule has 88 valence electrons. The zero-order chi connectivity index (χ0) is 12.3. The molecule has 0 saturated heterocycles. The summed E-state index contributed by atoms with van der Waals surface area (Å²) < 4.78 is 0. The third kappa shape index (κ3) is 3.17. The third-order valence-electron chi connectivity index (χ3n) is 2.46. The van der Waals surface area contributed by atoms with Gasteiger partial charge in [-0.1, -0.05) is 37.6 Å². The summed E-state index contributed by atoms with van der Waals surface area (Å²) in [6, 6.07) is 11.8. The fraction of sp³-hybridized carbons (Fsp3) is 0.231. The zero-order valence-electron chi connectivity index (χ0n) is 9.81. The molecule has 0 amide bonds. The summed E-state index contributed by atoms with van der Waals surface area (Å²) in [5.74, 6) is 1.20. The molecule has 0 unspecified atom stereocenters. The minimum Gasteiger partial charge on any atom is -0.339 e. The smallest absolute Gasteiger partial charge is 0.153 e. The lowest BCUT2D eigenvalue weighted by atomic mass is 10.0. The van der Waals surface area contributed by atoms with Crippen LogP contribution in [0.3, 0.4) is 0 Å². The van der Waals surface area contributed by atoms with Crippen molar-refractivity contribution < 1.29 is 0 Å². The first-order valence-electron chi connectivity index (χ1n) is 5.51. The predicted molar refractivity (Wildman–Crippen MR) is 70.9 cm³/mol. The quantitative estimate of drug-likeness (QED) is 0.891. The van der Waals surface area contributed by atoms with Crippen LogP contribution in [-0.4, -0.2) is 10.2 Å². The van der Waals surface area contributed by atoms with Gasteiger partial charge in [0, 0.05) is 5.69 Å². The molecule has 0 aliphatic carbocycles. The van der Waals surface area contributed by atoms with Crippen LogP contribution in [0.1, 0.15) is 25.3 Å². The van der Waals surface area contributed by atoms with Gasteiger partial charge in [-0.3, -0.25) is 0 Å². The molecule has 0 radical (unpaired) electrons. The number of nitrogens with one attached hydrogen (secondary N) is 1. The van der Waals surface area contributed by atoms with Gasteiger partial charge in [0.2, 0.25) is 0 Å². The van der Waals surface area contributed by atoms with Crippen LogP contribution in [0.15, 0.2) is 36.4 Å². The molecule has 1 heterocycles. The van der Waals surface area contributed by atoms with Crippen LogP contribution >= 0.6 is 11.6 Å². The maximum atomic E-state index is 5.68. The van der Waals surface area contributed by atoms with E-state index in [9.17, 15) is 0 Å². The van der Waals surface area contributed by atoms with Crippen LogP contribution in [0.5, 0.6) is 0 Å². The standard InChI is InChI=1S/C13H14ClN3/c1-9(2)10-4-3-5-11(8-10)15-13-7-6-12(14)16-17-13/h3-9H,1-2H3,(H,15,17). The van der Waals surface area contributed by atoms with Crippen LogP contribution in [0.25, 0.3) is 0 Å². The van der Waals surface area contributed by atoms with Crippen molar-refractivity contribution >= 4 is 23.1 Å². The summed E-state index contributed by atoms with van der Waals surface area (Å²) in [6.45, 7) is 4.34. The number of nitrogens with zero attached hydrogens (tertiary/aromatic N) is 2. The third-order valence-corrected chi connectivity index (χ3v) is 2.66. The second-order valence-corrected chi connectivity index (χ2v) is 4.53. The largest absolute Gasteiger partial charge is 0.339 e. The summed E-state index contributed by atoms with van der Waals surface area (Å²) in [4.78, 5) is 0. The van der Waals surface area contributed by atoms with Gasteiger partial charge in [0.15, 0.2) is 11.0 Å². The molecule has 1 N–H and O–H groups in total. The molecule has 0 atom stereocenters. The highest BCUT2D eigenvalue weighted by atomic mass is 35.5. The van der Waals surface area contributed by atoms with Crippen LogP contribution < -0.4 is 5.32 Å². The average molecular weight is 248 g/mol. The maximum Gasteiger partial charge on any atom is 0.153 e. The molecule has 3 nitrogen and oxygen atoms in total. The van der Waals surface area contributed by atoms with Gasteiger partial charge >= 0.3 is 0 Å². The van der Waals surface area contributed by atoms with E-state index < -0.39 is 0 Å². The fourth-order valence-corrected chi connectivity index (χ4v) is 1.61. The van der Waals surface area contributed by atoms with E-state index in [1.165, 1.54) is 5.56 Å². The van der Waals surface area contributed by atoms with Gasteiger partial charge < -0.3 is 5.32 Å². The molecule has 1 aromatic carbocycles. The molecular weight excluding hydrogens is 234 g/mol. The van der Waals surface area contributed by atoms with Gasteiger partial charge in [-0.15, -0.1) is 10.2 Å². The van der Waals surface area contributed by atoms with Crippen LogP contribution in [0, 0.1) is 0 Å². The van der Waals surface area contributed by atoms with Crippen molar-refractivity contribution in [2.75, 3.05) is 5.32 Å². The van der Waals surface area contributed by atoms with Crippen molar-refractivity contribution in [3.63, 3.8) is 0 Å². The molecular formula is C13H14ClN3. The van der Waals surface area contributed by atoms with Crippen molar-refractivity contribution in [3.05, 3.63) is 47.1 Å². The van der Waals surface area contributed by atoms with Crippen molar-refractivity contribution in [2.24, 2.45) is 0 Å². The van der Waals surface area contributed by atoms with E-state index in [4.69, 9.17) is 11.6 Å². The van der Waals surface area contributed by atoms with Crippen LogP contribution in [-0.2, 0) is 0 Å². The molecule has 2 aromatic rings. The Hall–Kier alpha value is -1.61. The number of anilines is 2. The molecule has 4 heteroatoms. The van der Waals surface area contributed by atoms with Crippen LogP contribution in [0.2, 0.25) is 5.15 Å². The minimum atomic E-state index is 0.395. The first-order chi connectivity index (χ1) is 8.15. The Morgan fingerprint density at radius 3 is 2.59 bits per heavy atom. The van der Waals surface area contributed by atoms with Gasteiger partial charge in [0.1, 0.15) is 0 Å². The van der Waals surface area contributed by atoms with E-state index in [1.54, 1.807) is 12.1 Å². The van der Waals surface area contributed by atoms with Crippen molar-refractivity contribution in [1.29, 1.82) is 0 Å². The normalized spacial score (nSPS) is 10.6. The number of aromatic nitrogens is 2. The van der Waals surface area contributed by atoms with E-state index in [-0.39, 0.29) is 0 Å². The molecule has 0 aliphatic heterocycles. The molecule has 2 rings (SSSR count). The maximum absolute atomic E-state index is 5.68. The Labute approximate surface area is 106 Å². The molecule has 0 aliphatic rings. The van der Waals surface area contributed by atoms with Gasteiger partial charge in [-0.2, -0.15) is 0 Å². The number of hydrogen-bond donors (Lipinski definition) is 1. The van der Waals surface area contributed by atoms with E-state index >= 15 is 0 Å². The van der Waals surface area contributed by atoms with E-state index in [0.717, 1.165) is 5.69 Å². The highest BCUT2D eigenvalue weighted by Crippen LogP contribution is 2.20. The first-order valence-corrected chi connectivity index (χ1v) is 5.89. The van der Waals surface area contributed by atoms with Crippen molar-refractivity contribution in [2.45, 2.75) is 19.8 Å². The molecule has 17 heavy (non-hydrogen) atoms. The summed E-state index contributed by atoms with van der Waals surface area (Å²) in [5.41, 5.74) is 2.30. The van der Waals surface area contributed by atoms with E-state index in [0.29, 0.717) is 16.9 Å². The van der Waals surface area contributed by atoms with Gasteiger partial charge in [0.25, 0.3) is 0 Å². The van der Waals surface area contributed by atoms with E-state index in [2.05, 4.69) is 41.5 Å². The Morgan fingerprint density at radius 2 is 1.94 bits per heavy atom. The molecule has 0 bridgehead atoms. The Bertz CT molecular complexity index is 494. The molecule has 0 saturated carbocycles. The van der Waals surface area contributed by atoms with Gasteiger partial charge in [-0.25, -0.2) is 0 Å². The lowest BCUT2D eigenvalue weighted by Crippen LogP contribution is -1.96. The van der Waals surface area contributed by atoms with Gasteiger partial charge in [0.05, 0.1) is 0 Å². The lowest BCUT2D eigenvalue weighted by Gasteiger charge is -2.09. The van der Waals surface area contributed by atoms with Crippen molar-refractivity contribution in [3.8, 4) is 0 Å². The van der Waals surface area contributed by atoms with Gasteiger partial charge in [-0.05, 0) is 35.7 Å². The van der Waals surface area contributed by atoms with Crippen LogP contribution in [0.4, 0.5) is 11.5 Å². The second-order valence-electron chi connectivity index (χ2n) is 4.15. The highest BCUT2D eigenvalue weighted by Gasteiger charge is 2.01. The lowest BCUT2D eigenvalue weighted by molar-refractivity contribution is 0.867. The fourth-order valence-electron chi connectivity index (χ4n) is 1.51. The number of rotatable bonds is 3. The Balaban J connectivity index is 2.18. The monoisotopic (exact) mass is 247 g/mol. The molecule has 0 spiro atoms. The predicted octanol–water partition coefficient (Wildman–Crippen LogP) is 4.00. The Morgan fingerprint density at radius 1 is 1.12 bits per heavy atom. The SMILES string of the molecule is CC(C)c1cccc(Nc2ccc(Cl)nn2)c1. The van der Waals surface area contributed by atoms with Crippen molar-refractivity contribution in [1.82, 2.24) is 10.2 Å². The summed E-state index contributed by atoms with van der Waals surface area (Å²) in [5, 5.41) is 11.3. The Kier molecular flexibility index (Phi) is 3.59. The summed E-state index contributed by atoms with van der Waals surface area (Å²) in [6.07, 6.45) is 0. The minimum absolute atomic E-state index is 0.395. The molecule has 0 fully saturated rings. The number of hydrogen-bond acceptors (Lipinski definition) is 3. The first kappa shape index (κ1) is 11.9. The zero-order valence-corrected chi connectivity index (χ0v) is 10.6. The summed E-state index contributed by atoms with van der Waals surface area (Å²) >= 11 is 5.68. The number of benzene rings is 1. The second kappa shape index (κ2) is 5.15.